The van der Waals surface area contributed by atoms with Crippen molar-refractivity contribution < 1.29 is 23.4 Å². The van der Waals surface area contributed by atoms with E-state index < -0.39 is 24.9 Å². The fourth-order valence-corrected chi connectivity index (χ4v) is 2.60. The Morgan fingerprint density at radius 1 is 1.44 bits per heavy atom. The van der Waals surface area contributed by atoms with Gasteiger partial charge in [-0.1, -0.05) is 0 Å². The predicted octanol–water partition coefficient (Wildman–Crippen LogP) is 1.11. The van der Waals surface area contributed by atoms with Crippen molar-refractivity contribution in [3.8, 4) is 0 Å². The number of hydrogen-bond acceptors (Lipinski definition) is 6. The molecule has 1 heterocycles. The molecule has 1 aromatic carbocycles. The molecule has 18 heavy (non-hydrogen) atoms. The highest BCUT2D eigenvalue weighted by Crippen LogP contribution is 2.52. The molecule has 1 fully saturated rings. The summed E-state index contributed by atoms with van der Waals surface area (Å²) in [5, 5.41) is 10.5. The van der Waals surface area contributed by atoms with E-state index in [1.807, 2.05) is 0 Å². The van der Waals surface area contributed by atoms with Gasteiger partial charge in [0.05, 0.1) is 17.6 Å². The maximum Gasteiger partial charge on any atom is 0.472 e. The Hall–Kier alpha value is -1.31. The Bertz CT molecular complexity index is 504. The molecule has 0 radical (unpaired) electrons. The summed E-state index contributed by atoms with van der Waals surface area (Å²) in [5.74, 6) is 0. The molecule has 1 aliphatic rings. The molecule has 8 nitrogen and oxygen atoms in total. The summed E-state index contributed by atoms with van der Waals surface area (Å²) in [6.07, 6.45) is -0.824. The molecule has 2 rings (SSSR count). The molecule has 3 unspecified atom stereocenters. The highest BCUT2D eigenvalue weighted by atomic mass is 31.2. The molecular formula is C9H11N2O6P. The molecule has 9 heteroatoms. The van der Waals surface area contributed by atoms with Crippen LogP contribution in [0.1, 0.15) is 11.7 Å². The molecular weight excluding hydrogens is 263 g/mol. The molecule has 0 saturated carbocycles. The zero-order valence-electron chi connectivity index (χ0n) is 9.13. The Morgan fingerprint density at radius 2 is 2.06 bits per heavy atom. The van der Waals surface area contributed by atoms with E-state index in [1.165, 1.54) is 24.3 Å². The van der Waals surface area contributed by atoms with Gasteiger partial charge in [-0.15, -0.1) is 0 Å². The number of phosphoric acid groups is 1. The third kappa shape index (κ3) is 2.74. The normalized spacial score (nSPS) is 32.1. The minimum atomic E-state index is -4.09. The summed E-state index contributed by atoms with van der Waals surface area (Å²) in [5.41, 5.74) is 6.13. The van der Waals surface area contributed by atoms with Crippen molar-refractivity contribution in [2.24, 2.45) is 5.73 Å². The van der Waals surface area contributed by atoms with E-state index in [0.717, 1.165) is 0 Å². The third-order valence-corrected chi connectivity index (χ3v) is 3.47. The fraction of sp³-hybridized carbons (Fsp3) is 0.333. The van der Waals surface area contributed by atoms with Crippen LogP contribution < -0.4 is 5.73 Å². The molecule has 1 aromatic rings. The highest BCUT2D eigenvalue weighted by Gasteiger charge is 2.37. The number of nitro groups is 1. The van der Waals surface area contributed by atoms with Gasteiger partial charge in [-0.25, -0.2) is 4.57 Å². The average molecular weight is 274 g/mol. The maximum absolute atomic E-state index is 11.3. The Labute approximate surface area is 102 Å². The van der Waals surface area contributed by atoms with E-state index >= 15 is 0 Å². The van der Waals surface area contributed by atoms with Crippen LogP contribution >= 0.6 is 7.82 Å². The standard InChI is InChI=1S/C9H11N2O6P/c10-8-5-16-18(14,15)17-9(8)6-1-3-7(4-2-6)11(12)13/h1-4,8-9H,5,10H2,(H,14,15). The fourth-order valence-electron chi connectivity index (χ4n) is 1.61. The quantitative estimate of drug-likeness (QED) is 0.470. The van der Waals surface area contributed by atoms with Crippen molar-refractivity contribution in [2.45, 2.75) is 12.1 Å². The molecule has 0 amide bonds. The number of non-ortho nitro benzene ring substituents is 1. The first-order valence-corrected chi connectivity index (χ1v) is 6.54. The first kappa shape index (κ1) is 13.1. The number of hydrogen-bond donors (Lipinski definition) is 2. The van der Waals surface area contributed by atoms with Crippen molar-refractivity contribution in [1.29, 1.82) is 0 Å². The van der Waals surface area contributed by atoms with Crippen LogP contribution in [0.2, 0.25) is 0 Å². The summed E-state index contributed by atoms with van der Waals surface area (Å²) in [7, 11) is -4.09. The number of nitro benzene ring substituents is 1. The minimum Gasteiger partial charge on any atom is -0.323 e. The largest absolute Gasteiger partial charge is 0.472 e. The smallest absolute Gasteiger partial charge is 0.323 e. The Kier molecular flexibility index (Phi) is 3.47. The lowest BCUT2D eigenvalue weighted by Gasteiger charge is -2.31. The molecule has 0 spiro atoms. The van der Waals surface area contributed by atoms with Crippen LogP contribution in [0, 0.1) is 10.1 Å². The Balaban J connectivity index is 2.24. The van der Waals surface area contributed by atoms with E-state index in [-0.39, 0.29) is 12.3 Å². The summed E-state index contributed by atoms with van der Waals surface area (Å²) in [6, 6.07) is 4.83. The van der Waals surface area contributed by atoms with Crippen LogP contribution in [0.5, 0.6) is 0 Å². The lowest BCUT2D eigenvalue weighted by Crippen LogP contribution is -2.37. The van der Waals surface area contributed by atoms with Gasteiger partial charge >= 0.3 is 7.82 Å². The molecule has 0 aromatic heterocycles. The second-order valence-electron chi connectivity index (χ2n) is 3.80. The number of phosphoric ester groups is 1. The summed E-state index contributed by atoms with van der Waals surface area (Å²) >= 11 is 0. The maximum atomic E-state index is 11.3. The van der Waals surface area contributed by atoms with Crippen LogP contribution in [0.4, 0.5) is 5.69 Å². The van der Waals surface area contributed by atoms with Gasteiger partial charge < -0.3 is 10.6 Å². The van der Waals surface area contributed by atoms with E-state index in [0.29, 0.717) is 5.56 Å². The predicted molar refractivity (Wildman–Crippen MR) is 60.7 cm³/mol. The van der Waals surface area contributed by atoms with E-state index in [4.69, 9.17) is 10.3 Å². The second-order valence-corrected chi connectivity index (χ2v) is 5.21. The summed E-state index contributed by atoms with van der Waals surface area (Å²) in [6.45, 7) is -0.116. The monoisotopic (exact) mass is 274 g/mol. The van der Waals surface area contributed by atoms with Gasteiger partial charge in [0.25, 0.3) is 5.69 Å². The van der Waals surface area contributed by atoms with Gasteiger partial charge in [0.1, 0.15) is 6.10 Å². The second kappa shape index (κ2) is 4.75. The lowest BCUT2D eigenvalue weighted by atomic mass is 10.0. The third-order valence-electron chi connectivity index (χ3n) is 2.50. The number of nitrogens with zero attached hydrogens (tertiary/aromatic N) is 1. The molecule has 3 N–H and O–H groups in total. The first-order chi connectivity index (χ1) is 8.39. The number of nitrogens with two attached hydrogens (primary N) is 1. The van der Waals surface area contributed by atoms with E-state index in [2.05, 4.69) is 4.52 Å². The van der Waals surface area contributed by atoms with E-state index in [9.17, 15) is 19.6 Å². The average Bonchev–Trinajstić information content (AvgIpc) is 2.32. The van der Waals surface area contributed by atoms with Crippen molar-refractivity contribution in [3.05, 3.63) is 39.9 Å². The van der Waals surface area contributed by atoms with Crippen LogP contribution in [0.25, 0.3) is 0 Å². The Morgan fingerprint density at radius 3 is 2.61 bits per heavy atom. The van der Waals surface area contributed by atoms with Crippen molar-refractivity contribution in [1.82, 2.24) is 0 Å². The van der Waals surface area contributed by atoms with Gasteiger partial charge in [-0.2, -0.15) is 0 Å². The summed E-state index contributed by atoms with van der Waals surface area (Å²) in [4.78, 5) is 19.2. The highest BCUT2D eigenvalue weighted by molar-refractivity contribution is 7.47. The molecule has 0 bridgehead atoms. The SMILES string of the molecule is NC1COP(=O)(O)OC1c1ccc([N+](=O)[O-])cc1. The van der Waals surface area contributed by atoms with Crippen molar-refractivity contribution in [3.63, 3.8) is 0 Å². The van der Waals surface area contributed by atoms with Gasteiger partial charge in [0, 0.05) is 12.1 Å². The zero-order valence-corrected chi connectivity index (χ0v) is 10.0. The molecule has 3 atom stereocenters. The van der Waals surface area contributed by atoms with Crippen LogP contribution in [-0.2, 0) is 13.6 Å². The van der Waals surface area contributed by atoms with Gasteiger partial charge in [0.15, 0.2) is 0 Å². The molecule has 1 aliphatic heterocycles. The van der Waals surface area contributed by atoms with Gasteiger partial charge in [0.2, 0.25) is 0 Å². The topological polar surface area (TPSA) is 125 Å². The van der Waals surface area contributed by atoms with E-state index in [1.54, 1.807) is 0 Å². The van der Waals surface area contributed by atoms with Crippen LogP contribution in [-0.4, -0.2) is 22.5 Å². The molecule has 1 saturated heterocycles. The van der Waals surface area contributed by atoms with Crippen molar-refractivity contribution in [2.75, 3.05) is 6.61 Å². The molecule has 0 aliphatic carbocycles. The molecule has 98 valence electrons. The first-order valence-electron chi connectivity index (χ1n) is 5.05. The zero-order chi connectivity index (χ0) is 13.3. The summed E-state index contributed by atoms with van der Waals surface area (Å²) < 4.78 is 20.7. The number of benzene rings is 1. The van der Waals surface area contributed by atoms with Crippen LogP contribution in [0.15, 0.2) is 24.3 Å². The van der Waals surface area contributed by atoms with Gasteiger partial charge in [-0.05, 0) is 17.7 Å². The minimum absolute atomic E-state index is 0.0773. The lowest BCUT2D eigenvalue weighted by molar-refractivity contribution is -0.384. The number of rotatable bonds is 2. The van der Waals surface area contributed by atoms with Crippen molar-refractivity contribution >= 4 is 13.5 Å². The van der Waals surface area contributed by atoms with Gasteiger partial charge in [-0.3, -0.25) is 19.2 Å². The van der Waals surface area contributed by atoms with Crippen LogP contribution in [0.3, 0.4) is 0 Å².